The highest BCUT2D eigenvalue weighted by atomic mass is 35.5. The molecule has 1 saturated carbocycles. The van der Waals surface area contributed by atoms with Gasteiger partial charge in [0.1, 0.15) is 18.8 Å². The number of benzene rings is 1. The van der Waals surface area contributed by atoms with Gasteiger partial charge in [0, 0.05) is 24.1 Å². The summed E-state index contributed by atoms with van der Waals surface area (Å²) in [5.41, 5.74) is -1.69. The SMILES string of the molecule is O=C(CCC1(C2CC2)NC(=O)N(C(=O)OCCO[P+](=O)O)C1=O)N1Cc2cc(Cl)c(C(F)(F)F)cc2C1. The largest absolute Gasteiger partial charge is 0.694 e. The smallest absolute Gasteiger partial charge is 0.446 e. The van der Waals surface area contributed by atoms with E-state index in [1.54, 1.807) is 0 Å². The highest BCUT2D eigenvalue weighted by molar-refractivity contribution is 7.32. The monoisotopic (exact) mass is 566 g/mol. The number of halogens is 4. The zero-order chi connectivity index (χ0) is 27.1. The highest BCUT2D eigenvalue weighted by Gasteiger charge is 2.61. The Kier molecular flexibility index (Phi) is 7.48. The summed E-state index contributed by atoms with van der Waals surface area (Å²) in [4.78, 5) is 61.1. The molecule has 4 rings (SSSR count). The summed E-state index contributed by atoms with van der Waals surface area (Å²) in [5.74, 6) is -1.63. The number of urea groups is 1. The van der Waals surface area contributed by atoms with Crippen molar-refractivity contribution >= 4 is 43.8 Å². The number of hydrogen-bond acceptors (Lipinski definition) is 7. The summed E-state index contributed by atoms with van der Waals surface area (Å²) in [6.45, 7) is -0.937. The number of rotatable bonds is 8. The van der Waals surface area contributed by atoms with E-state index in [2.05, 4.69) is 9.84 Å². The van der Waals surface area contributed by atoms with E-state index in [1.165, 1.54) is 11.0 Å². The first-order valence-corrected chi connectivity index (χ1v) is 12.6. The Morgan fingerprint density at radius 2 is 1.84 bits per heavy atom. The van der Waals surface area contributed by atoms with Gasteiger partial charge in [-0.3, -0.25) is 9.59 Å². The molecule has 37 heavy (non-hydrogen) atoms. The zero-order valence-electron chi connectivity index (χ0n) is 19.0. The minimum Gasteiger partial charge on any atom is -0.446 e. The van der Waals surface area contributed by atoms with Gasteiger partial charge in [-0.1, -0.05) is 11.6 Å². The van der Waals surface area contributed by atoms with E-state index >= 15 is 0 Å². The molecule has 200 valence electrons. The number of fused-ring (bicyclic) bond motifs is 1. The lowest BCUT2D eigenvalue weighted by atomic mass is 9.87. The average Bonchev–Trinajstić information content (AvgIpc) is 3.52. The fourth-order valence-electron chi connectivity index (χ4n) is 4.57. The Morgan fingerprint density at radius 3 is 2.43 bits per heavy atom. The van der Waals surface area contributed by atoms with Crippen LogP contribution in [0.15, 0.2) is 12.1 Å². The van der Waals surface area contributed by atoms with Crippen molar-refractivity contribution in [2.75, 3.05) is 13.2 Å². The van der Waals surface area contributed by atoms with Crippen molar-refractivity contribution in [3.05, 3.63) is 33.8 Å². The molecule has 16 heteroatoms. The maximum atomic E-state index is 13.2. The molecule has 1 aromatic carbocycles. The maximum Gasteiger partial charge on any atom is 0.694 e. The summed E-state index contributed by atoms with van der Waals surface area (Å²) >= 11 is 5.78. The number of nitrogens with one attached hydrogen (secondary N) is 1. The van der Waals surface area contributed by atoms with Crippen molar-refractivity contribution in [3.8, 4) is 0 Å². The number of nitrogens with zero attached hydrogens (tertiary/aromatic N) is 2. The number of carbonyl (C=O) groups excluding carboxylic acids is 4. The lowest BCUT2D eigenvalue weighted by Gasteiger charge is -2.27. The number of carbonyl (C=O) groups is 4. The Bertz CT molecular complexity index is 1180. The van der Waals surface area contributed by atoms with Crippen LogP contribution in [0.2, 0.25) is 5.02 Å². The van der Waals surface area contributed by atoms with Crippen LogP contribution in [0.25, 0.3) is 0 Å². The third kappa shape index (κ3) is 5.57. The molecule has 0 aromatic heterocycles. The second-order valence-corrected chi connectivity index (χ2v) is 9.99. The molecule has 2 aliphatic heterocycles. The van der Waals surface area contributed by atoms with Gasteiger partial charge in [-0.05, 0) is 48.4 Å². The molecule has 0 bridgehead atoms. The number of alkyl halides is 3. The van der Waals surface area contributed by atoms with Gasteiger partial charge in [-0.25, -0.2) is 9.59 Å². The van der Waals surface area contributed by atoms with Gasteiger partial charge in [0.15, 0.2) is 0 Å². The molecule has 2 unspecified atom stereocenters. The molecule has 2 heterocycles. The first-order chi connectivity index (χ1) is 17.3. The average molecular weight is 567 g/mol. The van der Waals surface area contributed by atoms with Gasteiger partial charge in [-0.2, -0.15) is 18.1 Å². The molecule has 0 spiro atoms. The molecule has 11 nitrogen and oxygen atoms in total. The van der Waals surface area contributed by atoms with Crippen molar-refractivity contribution in [1.82, 2.24) is 15.1 Å². The van der Waals surface area contributed by atoms with Crippen molar-refractivity contribution in [3.63, 3.8) is 0 Å². The van der Waals surface area contributed by atoms with Gasteiger partial charge >= 0.3 is 26.6 Å². The maximum absolute atomic E-state index is 13.2. The molecular weight excluding hydrogens is 546 g/mol. The zero-order valence-corrected chi connectivity index (χ0v) is 20.7. The first kappa shape index (κ1) is 27.2. The molecule has 5 amide bonds. The Balaban J connectivity index is 1.40. The number of hydrogen-bond donors (Lipinski definition) is 2. The summed E-state index contributed by atoms with van der Waals surface area (Å²) in [6, 6.07) is 1.09. The lowest BCUT2D eigenvalue weighted by molar-refractivity contribution is -0.137. The van der Waals surface area contributed by atoms with E-state index in [4.69, 9.17) is 21.2 Å². The second kappa shape index (κ2) is 10.2. The highest BCUT2D eigenvalue weighted by Crippen LogP contribution is 2.46. The van der Waals surface area contributed by atoms with Gasteiger partial charge in [0.2, 0.25) is 5.91 Å². The predicted molar refractivity (Wildman–Crippen MR) is 118 cm³/mol. The Hall–Kier alpha value is -2.80. The van der Waals surface area contributed by atoms with Crippen LogP contribution in [0, 0.1) is 5.92 Å². The van der Waals surface area contributed by atoms with Gasteiger partial charge < -0.3 is 15.0 Å². The number of imide groups is 3. The van der Waals surface area contributed by atoms with E-state index in [1.807, 2.05) is 0 Å². The lowest BCUT2D eigenvalue weighted by Crippen LogP contribution is -2.50. The van der Waals surface area contributed by atoms with Crippen LogP contribution in [-0.2, 0) is 42.7 Å². The van der Waals surface area contributed by atoms with E-state index in [-0.39, 0.29) is 36.7 Å². The molecule has 3 aliphatic rings. The van der Waals surface area contributed by atoms with Crippen molar-refractivity contribution in [2.24, 2.45) is 5.92 Å². The normalized spacial score (nSPS) is 21.7. The minimum absolute atomic E-state index is 0.0443. The van der Waals surface area contributed by atoms with Crippen LogP contribution in [0.4, 0.5) is 22.8 Å². The van der Waals surface area contributed by atoms with Crippen LogP contribution >= 0.6 is 19.9 Å². The molecule has 1 aliphatic carbocycles. The Labute approximate surface area is 213 Å². The summed E-state index contributed by atoms with van der Waals surface area (Å²) in [7, 11) is -2.91. The topological polar surface area (TPSA) is 143 Å². The minimum atomic E-state index is -4.64. The van der Waals surface area contributed by atoms with Gasteiger partial charge in [0.05, 0.1) is 10.6 Å². The van der Waals surface area contributed by atoms with E-state index in [9.17, 15) is 36.9 Å². The molecule has 2 fully saturated rings. The van der Waals surface area contributed by atoms with E-state index in [0.29, 0.717) is 24.0 Å². The van der Waals surface area contributed by atoms with Gasteiger partial charge in [0.25, 0.3) is 5.91 Å². The number of ether oxygens (including phenoxy) is 1. The van der Waals surface area contributed by atoms with Crippen molar-refractivity contribution < 1.29 is 51.1 Å². The van der Waals surface area contributed by atoms with Crippen LogP contribution in [0.1, 0.15) is 42.4 Å². The van der Waals surface area contributed by atoms with E-state index in [0.717, 1.165) is 6.07 Å². The number of amides is 5. The predicted octanol–water partition coefficient (Wildman–Crippen LogP) is 3.48. The third-order valence-corrected chi connectivity index (χ3v) is 7.20. The first-order valence-electron chi connectivity index (χ1n) is 11.1. The van der Waals surface area contributed by atoms with Crippen LogP contribution < -0.4 is 5.32 Å². The van der Waals surface area contributed by atoms with Crippen molar-refractivity contribution in [2.45, 2.75) is 50.5 Å². The molecule has 2 atom stereocenters. The van der Waals surface area contributed by atoms with E-state index < -0.39 is 67.7 Å². The molecule has 0 radical (unpaired) electrons. The van der Waals surface area contributed by atoms with Crippen molar-refractivity contribution in [1.29, 1.82) is 0 Å². The fraction of sp³-hybridized carbons (Fsp3) is 0.524. The molecular formula is C21H21ClF3N3O8P+. The fourth-order valence-corrected chi connectivity index (χ4v) is 5.09. The molecule has 2 N–H and O–H groups in total. The van der Waals surface area contributed by atoms with Gasteiger partial charge in [-0.15, -0.1) is 9.42 Å². The second-order valence-electron chi connectivity index (χ2n) is 8.85. The summed E-state index contributed by atoms with van der Waals surface area (Å²) in [6.07, 6.45) is -5.11. The quantitative estimate of drug-likeness (QED) is 0.277. The van der Waals surface area contributed by atoms with Crippen LogP contribution in [0.5, 0.6) is 0 Å². The summed E-state index contributed by atoms with van der Waals surface area (Å²) < 4.78 is 59.1. The third-order valence-electron chi connectivity index (χ3n) is 6.49. The van der Waals surface area contributed by atoms with Crippen LogP contribution in [-0.4, -0.2) is 57.4 Å². The molecule has 1 saturated heterocycles. The summed E-state index contributed by atoms with van der Waals surface area (Å²) in [5, 5.41) is 2.06. The molecule has 1 aromatic rings. The Morgan fingerprint density at radius 1 is 1.19 bits per heavy atom. The standard InChI is InChI=1S/C21H20ClF3N3O8P/c22-15-8-12-10-27(9-11(12)7-14(15)21(23,24)25)16(29)3-4-20(13-1-2-13)17(30)28(18(31)26-20)19(32)35-5-6-36-37(33)34/h7-8,13H,1-6,9-10H2,(H-,26,31,33,34)/p+1. The van der Waals surface area contributed by atoms with Crippen LogP contribution in [0.3, 0.4) is 0 Å².